The number of aliphatic carboxylic acids is 2. The highest BCUT2D eigenvalue weighted by atomic mass is 32.2. The topological polar surface area (TPSA) is 248 Å². The Morgan fingerprint density at radius 3 is 2.81 bits per heavy atom. The van der Waals surface area contributed by atoms with Gasteiger partial charge in [-0.25, -0.2) is 14.3 Å². The first-order chi connectivity index (χ1) is 20.0. The summed E-state index contributed by atoms with van der Waals surface area (Å²) >= 11 is 3.46. The number of aromatic nitrogens is 5. The average Bonchev–Trinajstić information content (AvgIpc) is 3.54. The van der Waals surface area contributed by atoms with E-state index in [-0.39, 0.29) is 33.8 Å². The summed E-state index contributed by atoms with van der Waals surface area (Å²) in [4.78, 5) is 63.8. The van der Waals surface area contributed by atoms with Crippen LogP contribution in [0.15, 0.2) is 39.4 Å². The van der Waals surface area contributed by atoms with E-state index in [1.807, 2.05) is 0 Å². The van der Waals surface area contributed by atoms with Gasteiger partial charge < -0.3 is 36.6 Å². The molecule has 20 heteroatoms. The number of carboxylic acid groups (broad SMARTS) is 2. The molecule has 17 nitrogen and oxygen atoms in total. The largest absolute Gasteiger partial charge is 0.543 e. The molecule has 0 radical (unpaired) electrons. The molecule has 5 heterocycles. The number of oxime groups is 1. The van der Waals surface area contributed by atoms with E-state index in [0.29, 0.717) is 16.4 Å². The number of nitrogens with one attached hydrogen (secondary N) is 1. The number of aryl methyl sites for hydroxylation is 1. The molecule has 220 valence electrons. The number of β-lactam (4-membered cyclic amide) rings is 1. The number of thiazole rings is 1. The summed E-state index contributed by atoms with van der Waals surface area (Å²) in [5, 5.41) is 32.9. The maximum atomic E-state index is 13.1. The Kier molecular flexibility index (Phi) is 7.93. The van der Waals surface area contributed by atoms with E-state index in [2.05, 4.69) is 25.5 Å². The Morgan fingerprint density at radius 2 is 2.14 bits per heavy atom. The molecular weight excluding hydrogens is 613 g/mol. The van der Waals surface area contributed by atoms with E-state index in [4.69, 9.17) is 21.4 Å². The number of nitrogen functional groups attached to an aromatic ring is 2. The van der Waals surface area contributed by atoms with E-state index in [1.54, 1.807) is 28.5 Å². The number of rotatable bonds is 10. The lowest BCUT2D eigenvalue weighted by Crippen LogP contribution is -2.71. The van der Waals surface area contributed by atoms with E-state index < -0.39 is 47.0 Å². The van der Waals surface area contributed by atoms with Crippen molar-refractivity contribution < 1.29 is 38.7 Å². The van der Waals surface area contributed by atoms with Crippen molar-refractivity contribution in [2.24, 2.45) is 12.2 Å². The van der Waals surface area contributed by atoms with Crippen molar-refractivity contribution in [2.75, 3.05) is 23.0 Å². The fourth-order valence-corrected chi connectivity index (χ4v) is 7.04. The van der Waals surface area contributed by atoms with Gasteiger partial charge in [-0.2, -0.15) is 0 Å². The normalized spacial score (nSPS) is 19.3. The molecule has 5 rings (SSSR count). The molecule has 6 N–H and O–H groups in total. The Hall–Kier alpha value is -4.43. The molecular formula is C22H22N10O7S3. The van der Waals surface area contributed by atoms with Gasteiger partial charge >= 0.3 is 11.1 Å². The van der Waals surface area contributed by atoms with Crippen molar-refractivity contribution in [2.45, 2.75) is 29.6 Å². The van der Waals surface area contributed by atoms with Crippen LogP contribution in [-0.4, -0.2) is 88.1 Å². The Labute approximate surface area is 248 Å². The van der Waals surface area contributed by atoms with E-state index in [0.717, 1.165) is 16.2 Å². The third-order valence-corrected chi connectivity index (χ3v) is 9.16. The zero-order valence-electron chi connectivity index (χ0n) is 21.8. The highest BCUT2D eigenvalue weighted by Crippen LogP contribution is 2.41. The monoisotopic (exact) mass is 634 g/mol. The number of carboxylic acids is 2. The van der Waals surface area contributed by atoms with Crippen LogP contribution < -0.4 is 26.4 Å². The van der Waals surface area contributed by atoms with Gasteiger partial charge in [0.15, 0.2) is 17.2 Å². The van der Waals surface area contributed by atoms with Crippen molar-refractivity contribution in [3.05, 3.63) is 34.7 Å². The van der Waals surface area contributed by atoms with Crippen LogP contribution in [0.4, 0.5) is 10.9 Å². The summed E-state index contributed by atoms with van der Waals surface area (Å²) in [6.07, 6.45) is 0.208. The van der Waals surface area contributed by atoms with Gasteiger partial charge in [0.1, 0.15) is 17.1 Å². The van der Waals surface area contributed by atoms with Crippen molar-refractivity contribution in [1.82, 2.24) is 29.9 Å². The SMILES string of the molecule is C[C@@H](O/N=C(\C(=O)NC1C(=O)N2C(C(=O)[O-])=C(CSc3nc(N)cc4n(C)cn[n+]34)CS[C@@H]12)c1csc(N)n1)C(=O)O. The van der Waals surface area contributed by atoms with Crippen molar-refractivity contribution in [1.29, 1.82) is 0 Å². The van der Waals surface area contributed by atoms with Gasteiger partial charge in [0.2, 0.25) is 11.9 Å². The smallest absolute Gasteiger partial charge is 0.347 e. The summed E-state index contributed by atoms with van der Waals surface area (Å²) in [6.45, 7) is 1.22. The molecule has 1 unspecified atom stereocenters. The van der Waals surface area contributed by atoms with Crippen molar-refractivity contribution in [3.63, 3.8) is 0 Å². The maximum absolute atomic E-state index is 13.1. The first-order valence-electron chi connectivity index (χ1n) is 12.0. The first-order valence-corrected chi connectivity index (χ1v) is 14.9. The van der Waals surface area contributed by atoms with Crippen LogP contribution in [0.5, 0.6) is 0 Å². The molecule has 2 aliphatic heterocycles. The summed E-state index contributed by atoms with van der Waals surface area (Å²) in [6, 6.07) is 0.540. The van der Waals surface area contributed by atoms with Gasteiger partial charge in [-0.1, -0.05) is 19.8 Å². The molecule has 0 spiro atoms. The van der Waals surface area contributed by atoms with Crippen LogP contribution in [0.2, 0.25) is 0 Å². The van der Waals surface area contributed by atoms with Gasteiger partial charge in [0.25, 0.3) is 17.5 Å². The first kappa shape index (κ1) is 29.1. The molecule has 2 aliphatic rings. The average molecular weight is 635 g/mol. The molecule has 0 aromatic carbocycles. The molecule has 2 amide bonds. The standard InChI is InChI=1S/C22H22N10O7S3/c1-8(19(35)36)39-29-13(10-6-41-21(24)26-10)16(33)28-14-17(34)31-15(20(37)38)9(4-40-18(14)31)5-42-22-27-11(23)3-12-30(2)7-25-32(12)22/h3,6-8,14,18,23H,4-5H2,1-2H3,(H5,24,26,28,33,35,36,37,38)/b29-13-/t8-,14?,18+/m1/s1. The fraction of sp³-hybridized carbons (Fsp3) is 0.318. The number of carbonyl (C=O) groups excluding carboxylic acids is 3. The van der Waals surface area contributed by atoms with Crippen molar-refractivity contribution in [3.8, 4) is 0 Å². The number of nitrogens with two attached hydrogens (primary N) is 2. The Morgan fingerprint density at radius 1 is 1.38 bits per heavy atom. The zero-order valence-corrected chi connectivity index (χ0v) is 24.2. The van der Waals surface area contributed by atoms with Crippen LogP contribution in [-0.2, 0) is 31.1 Å². The Bertz CT molecular complexity index is 1690. The molecule has 42 heavy (non-hydrogen) atoms. The van der Waals surface area contributed by atoms with Gasteiger partial charge in [0, 0.05) is 16.9 Å². The third kappa shape index (κ3) is 5.42. The number of nitrogens with zero attached hydrogens (tertiary/aromatic N) is 7. The molecule has 1 fully saturated rings. The summed E-state index contributed by atoms with van der Waals surface area (Å²) in [5.74, 6) is -3.79. The van der Waals surface area contributed by atoms with E-state index in [9.17, 15) is 24.3 Å². The summed E-state index contributed by atoms with van der Waals surface area (Å²) < 4.78 is 3.32. The quantitative estimate of drug-likeness (QED) is 0.0452. The van der Waals surface area contributed by atoms with Crippen LogP contribution in [0.1, 0.15) is 12.6 Å². The number of anilines is 2. The number of thioether (sulfide) groups is 2. The predicted molar refractivity (Wildman–Crippen MR) is 148 cm³/mol. The second-order valence-electron chi connectivity index (χ2n) is 8.96. The van der Waals surface area contributed by atoms with E-state index >= 15 is 0 Å². The molecule has 0 saturated carbocycles. The van der Waals surface area contributed by atoms with Crippen LogP contribution in [0, 0.1) is 0 Å². The van der Waals surface area contributed by atoms with E-state index in [1.165, 1.54) is 35.8 Å². The van der Waals surface area contributed by atoms with Crippen molar-refractivity contribution >= 4 is 80.9 Å². The maximum Gasteiger partial charge on any atom is 0.347 e. The Balaban J connectivity index is 1.34. The third-order valence-electron chi connectivity index (χ3n) is 6.13. The number of fused-ring (bicyclic) bond motifs is 2. The highest BCUT2D eigenvalue weighted by molar-refractivity contribution is 8.01. The lowest BCUT2D eigenvalue weighted by atomic mass is 10.0. The second kappa shape index (κ2) is 11.4. The second-order valence-corrected chi connectivity index (χ2v) is 11.9. The number of hydrogen-bond acceptors (Lipinski definition) is 15. The van der Waals surface area contributed by atoms with Crippen LogP contribution >= 0.6 is 34.9 Å². The van der Waals surface area contributed by atoms with Crippen LogP contribution in [0.25, 0.3) is 5.65 Å². The minimum atomic E-state index is -1.54. The molecule has 0 aliphatic carbocycles. The van der Waals surface area contributed by atoms with Gasteiger partial charge in [-0.3, -0.25) is 14.5 Å². The van der Waals surface area contributed by atoms with Crippen LogP contribution in [0.3, 0.4) is 0 Å². The molecule has 1 saturated heterocycles. The molecule has 3 aromatic rings. The van der Waals surface area contributed by atoms with Gasteiger partial charge in [0.05, 0.1) is 24.8 Å². The number of carbonyl (C=O) groups is 4. The zero-order chi connectivity index (χ0) is 30.3. The van der Waals surface area contributed by atoms with Gasteiger partial charge in [-0.15, -0.1) is 23.1 Å². The van der Waals surface area contributed by atoms with Gasteiger partial charge in [-0.05, 0) is 24.3 Å². The lowest BCUT2D eigenvalue weighted by molar-refractivity contribution is -0.622. The number of amides is 2. The summed E-state index contributed by atoms with van der Waals surface area (Å²) in [7, 11) is 1.79. The minimum Gasteiger partial charge on any atom is -0.543 e. The molecule has 3 aromatic heterocycles. The highest BCUT2D eigenvalue weighted by Gasteiger charge is 2.53. The molecule has 3 atom stereocenters. The molecule has 0 bridgehead atoms. The lowest BCUT2D eigenvalue weighted by Gasteiger charge is -2.50. The number of hydrogen-bond donors (Lipinski definition) is 4. The fourth-order valence-electron chi connectivity index (χ4n) is 4.04. The summed E-state index contributed by atoms with van der Waals surface area (Å²) in [5.41, 5.74) is 12.0. The minimum absolute atomic E-state index is 0.0113. The predicted octanol–water partition coefficient (Wildman–Crippen LogP) is -2.44.